The third kappa shape index (κ3) is 5.31. The first-order chi connectivity index (χ1) is 14.4. The number of hydrogen-bond donors (Lipinski definition) is 3. The minimum Gasteiger partial charge on any atom is -0.367 e. The summed E-state index contributed by atoms with van der Waals surface area (Å²) < 4.78 is 28.9. The van der Waals surface area contributed by atoms with E-state index in [4.69, 9.17) is 0 Å². The van der Waals surface area contributed by atoms with Gasteiger partial charge >= 0.3 is 0 Å². The van der Waals surface area contributed by atoms with Crippen LogP contribution in [0.15, 0.2) is 47.4 Å². The van der Waals surface area contributed by atoms with Gasteiger partial charge in [0.2, 0.25) is 0 Å². The molecule has 2 aromatic rings. The molecule has 8 heteroatoms. The predicted molar refractivity (Wildman–Crippen MR) is 121 cm³/mol. The van der Waals surface area contributed by atoms with Gasteiger partial charge in [0.1, 0.15) is 0 Å². The Labute approximate surface area is 178 Å². The van der Waals surface area contributed by atoms with Crippen molar-refractivity contribution in [1.82, 2.24) is 10.6 Å². The van der Waals surface area contributed by atoms with Crippen LogP contribution in [-0.2, 0) is 16.4 Å². The van der Waals surface area contributed by atoms with Gasteiger partial charge in [-0.1, -0.05) is 25.5 Å². The fraction of sp³-hybridized carbons (Fsp3) is 0.409. The van der Waals surface area contributed by atoms with E-state index in [9.17, 15) is 13.2 Å². The molecular formula is C22H30N4O3S. The second kappa shape index (κ2) is 9.95. The zero-order chi connectivity index (χ0) is 21.6. The molecule has 1 heterocycles. The zero-order valence-corrected chi connectivity index (χ0v) is 18.4. The van der Waals surface area contributed by atoms with Crippen molar-refractivity contribution in [2.75, 3.05) is 42.3 Å². The molecule has 7 nitrogen and oxygen atoms in total. The topological polar surface area (TPSA) is 90.5 Å². The van der Waals surface area contributed by atoms with Gasteiger partial charge in [-0.2, -0.15) is 0 Å². The Morgan fingerprint density at radius 3 is 2.40 bits per heavy atom. The zero-order valence-electron chi connectivity index (χ0n) is 17.6. The molecule has 1 fully saturated rings. The van der Waals surface area contributed by atoms with Crippen molar-refractivity contribution in [3.63, 3.8) is 0 Å². The quantitative estimate of drug-likeness (QED) is 0.599. The molecule has 3 N–H and O–H groups in total. The van der Waals surface area contributed by atoms with Crippen LogP contribution in [0.2, 0.25) is 0 Å². The Bertz CT molecular complexity index is 968. The summed E-state index contributed by atoms with van der Waals surface area (Å²) in [4.78, 5) is 14.6. The first-order valence-corrected chi connectivity index (χ1v) is 11.9. The van der Waals surface area contributed by atoms with Crippen molar-refractivity contribution >= 4 is 27.3 Å². The molecule has 0 saturated carbocycles. The molecule has 0 atom stereocenters. The molecule has 2 aromatic carbocycles. The summed E-state index contributed by atoms with van der Waals surface area (Å²) in [6.45, 7) is 7.61. The van der Waals surface area contributed by atoms with Crippen molar-refractivity contribution in [2.24, 2.45) is 0 Å². The average molecular weight is 431 g/mol. The first kappa shape index (κ1) is 22.1. The number of carbonyl (C=O) groups excluding carboxylic acids is 1. The number of aryl methyl sites for hydroxylation is 1. The van der Waals surface area contributed by atoms with Crippen molar-refractivity contribution in [3.8, 4) is 0 Å². The molecule has 1 amide bonds. The molecule has 0 radical (unpaired) electrons. The Kier molecular flexibility index (Phi) is 7.33. The van der Waals surface area contributed by atoms with Crippen molar-refractivity contribution in [2.45, 2.75) is 31.6 Å². The lowest BCUT2D eigenvalue weighted by atomic mass is 10.1. The van der Waals surface area contributed by atoms with Gasteiger partial charge < -0.3 is 15.5 Å². The number of amides is 1. The summed E-state index contributed by atoms with van der Waals surface area (Å²) >= 11 is 0. The van der Waals surface area contributed by atoms with Crippen LogP contribution < -0.4 is 20.3 Å². The van der Waals surface area contributed by atoms with E-state index in [1.165, 1.54) is 0 Å². The van der Waals surface area contributed by atoms with Crippen LogP contribution in [0.25, 0.3) is 0 Å². The van der Waals surface area contributed by atoms with E-state index in [0.29, 0.717) is 17.8 Å². The highest BCUT2D eigenvalue weighted by Crippen LogP contribution is 2.30. The highest BCUT2D eigenvalue weighted by molar-refractivity contribution is 7.92. The van der Waals surface area contributed by atoms with E-state index in [2.05, 4.69) is 27.2 Å². The first-order valence-electron chi connectivity index (χ1n) is 10.4. The SMILES string of the molecule is CCCc1ccc(S(=O)(=O)Nc2cc(C(=O)NCC)ccc2N2CCNCC2)cc1. The summed E-state index contributed by atoms with van der Waals surface area (Å²) in [7, 11) is -3.78. The van der Waals surface area contributed by atoms with E-state index in [1.54, 1.807) is 24.3 Å². The third-order valence-corrected chi connectivity index (χ3v) is 6.45. The highest BCUT2D eigenvalue weighted by atomic mass is 32.2. The average Bonchev–Trinajstić information content (AvgIpc) is 2.75. The second-order valence-corrected chi connectivity index (χ2v) is 9.01. The third-order valence-electron chi connectivity index (χ3n) is 5.07. The van der Waals surface area contributed by atoms with Crippen LogP contribution >= 0.6 is 0 Å². The maximum Gasteiger partial charge on any atom is 0.261 e. The Morgan fingerprint density at radius 1 is 1.07 bits per heavy atom. The number of sulfonamides is 1. The van der Waals surface area contributed by atoms with Crippen molar-refractivity contribution < 1.29 is 13.2 Å². The molecule has 0 spiro atoms. The van der Waals surface area contributed by atoms with E-state index >= 15 is 0 Å². The van der Waals surface area contributed by atoms with E-state index in [1.807, 2.05) is 25.1 Å². The summed E-state index contributed by atoms with van der Waals surface area (Å²) in [5.41, 5.74) is 2.72. The van der Waals surface area contributed by atoms with E-state index in [-0.39, 0.29) is 10.8 Å². The Balaban J connectivity index is 1.94. The van der Waals surface area contributed by atoms with Crippen LogP contribution in [0.1, 0.15) is 36.2 Å². The predicted octanol–water partition coefficient (Wildman–Crippen LogP) is 2.60. The minimum atomic E-state index is -3.78. The standard InChI is InChI=1S/C22H30N4O3S/c1-3-5-17-6-9-19(10-7-17)30(28,29)25-20-16-18(22(27)24-4-2)8-11-21(20)26-14-12-23-13-15-26/h6-11,16,23,25H,3-5,12-15H2,1-2H3,(H,24,27). The second-order valence-electron chi connectivity index (χ2n) is 7.33. The minimum absolute atomic E-state index is 0.206. The molecule has 0 bridgehead atoms. The summed E-state index contributed by atoms with van der Waals surface area (Å²) in [5, 5.41) is 6.06. The fourth-order valence-corrected chi connectivity index (χ4v) is 4.60. The number of hydrogen-bond acceptors (Lipinski definition) is 5. The molecule has 0 unspecified atom stereocenters. The normalized spacial score (nSPS) is 14.4. The molecule has 1 aliphatic rings. The monoisotopic (exact) mass is 430 g/mol. The number of nitrogens with one attached hydrogen (secondary N) is 3. The highest BCUT2D eigenvalue weighted by Gasteiger charge is 2.21. The number of carbonyl (C=O) groups is 1. The molecule has 0 aliphatic carbocycles. The van der Waals surface area contributed by atoms with Crippen LogP contribution in [0.3, 0.4) is 0 Å². The van der Waals surface area contributed by atoms with Crippen LogP contribution in [0, 0.1) is 0 Å². The maximum atomic E-state index is 13.1. The van der Waals surface area contributed by atoms with E-state index < -0.39 is 10.0 Å². The molecule has 1 aliphatic heterocycles. The number of rotatable bonds is 8. The molecule has 1 saturated heterocycles. The number of benzene rings is 2. The molecule has 162 valence electrons. The van der Waals surface area contributed by atoms with Crippen molar-refractivity contribution in [1.29, 1.82) is 0 Å². The van der Waals surface area contributed by atoms with Gasteiger partial charge in [0.25, 0.3) is 15.9 Å². The van der Waals surface area contributed by atoms with Crippen LogP contribution in [0.5, 0.6) is 0 Å². The molecule has 3 rings (SSSR count). The van der Waals surface area contributed by atoms with Gasteiger partial charge in [0.05, 0.1) is 16.3 Å². The van der Waals surface area contributed by atoms with Gasteiger partial charge in [-0.05, 0) is 49.2 Å². The van der Waals surface area contributed by atoms with Crippen molar-refractivity contribution in [3.05, 3.63) is 53.6 Å². The lowest BCUT2D eigenvalue weighted by molar-refractivity contribution is 0.0956. The summed E-state index contributed by atoms with van der Waals surface area (Å²) in [5.74, 6) is -0.228. The molecule has 30 heavy (non-hydrogen) atoms. The van der Waals surface area contributed by atoms with E-state index in [0.717, 1.165) is 50.3 Å². The van der Waals surface area contributed by atoms with Gasteiger partial charge in [-0.15, -0.1) is 0 Å². The number of anilines is 2. The summed E-state index contributed by atoms with van der Waals surface area (Å²) in [6, 6.07) is 12.1. The van der Waals surface area contributed by atoms with Crippen LogP contribution in [0.4, 0.5) is 11.4 Å². The smallest absolute Gasteiger partial charge is 0.261 e. The molecule has 0 aromatic heterocycles. The number of nitrogens with zero attached hydrogens (tertiary/aromatic N) is 1. The fourth-order valence-electron chi connectivity index (χ4n) is 3.53. The Hall–Kier alpha value is -2.58. The Morgan fingerprint density at radius 2 is 1.77 bits per heavy atom. The lowest BCUT2D eigenvalue weighted by Crippen LogP contribution is -2.43. The van der Waals surface area contributed by atoms with Gasteiger partial charge in [0.15, 0.2) is 0 Å². The lowest BCUT2D eigenvalue weighted by Gasteiger charge is -2.31. The van der Waals surface area contributed by atoms with Crippen LogP contribution in [-0.4, -0.2) is 47.0 Å². The van der Waals surface area contributed by atoms with Gasteiger partial charge in [0, 0.05) is 38.3 Å². The maximum absolute atomic E-state index is 13.1. The molecular weight excluding hydrogens is 400 g/mol. The largest absolute Gasteiger partial charge is 0.367 e. The van der Waals surface area contributed by atoms with Gasteiger partial charge in [-0.25, -0.2) is 8.42 Å². The summed E-state index contributed by atoms with van der Waals surface area (Å²) in [6.07, 6.45) is 1.92. The van der Waals surface area contributed by atoms with Gasteiger partial charge in [-0.3, -0.25) is 9.52 Å². The number of piperazine rings is 1.